The molecule has 2 aromatic carbocycles. The number of hydrogen-bond acceptors (Lipinski definition) is 4. The van der Waals surface area contributed by atoms with Gasteiger partial charge >= 0.3 is 5.97 Å². The lowest BCUT2D eigenvalue weighted by atomic mass is 10.1. The Morgan fingerprint density at radius 2 is 1.74 bits per heavy atom. The van der Waals surface area contributed by atoms with Gasteiger partial charge in [0.15, 0.2) is 11.5 Å². The number of benzene rings is 2. The lowest BCUT2D eigenvalue weighted by Gasteiger charge is -1.99. The second-order valence-corrected chi connectivity index (χ2v) is 5.12. The average Bonchev–Trinajstić information content (AvgIpc) is 3.23. The van der Waals surface area contributed by atoms with Crippen LogP contribution in [0.25, 0.3) is 22.5 Å². The molecule has 1 aliphatic rings. The topological polar surface area (TPSA) is 84.4 Å². The molecule has 0 bridgehead atoms. The van der Waals surface area contributed by atoms with Gasteiger partial charge in [-0.25, -0.2) is 4.79 Å². The zero-order chi connectivity index (χ0) is 15.8. The molecule has 23 heavy (non-hydrogen) atoms. The molecule has 0 aliphatic carbocycles. The van der Waals surface area contributed by atoms with Gasteiger partial charge in [-0.2, -0.15) is 5.10 Å². The van der Waals surface area contributed by atoms with Crippen molar-refractivity contribution in [3.63, 3.8) is 0 Å². The Hall–Kier alpha value is -3.28. The monoisotopic (exact) mass is 308 g/mol. The van der Waals surface area contributed by atoms with Crippen LogP contribution in [0.1, 0.15) is 10.4 Å². The van der Waals surface area contributed by atoms with Gasteiger partial charge in [-0.15, -0.1) is 0 Å². The molecule has 114 valence electrons. The van der Waals surface area contributed by atoms with E-state index in [0.29, 0.717) is 5.75 Å². The van der Waals surface area contributed by atoms with E-state index >= 15 is 0 Å². The average molecular weight is 308 g/mol. The molecule has 1 aliphatic heterocycles. The van der Waals surface area contributed by atoms with Crippen molar-refractivity contribution in [2.24, 2.45) is 0 Å². The fraction of sp³-hybridized carbons (Fsp3) is 0.0588. The minimum Gasteiger partial charge on any atom is -0.478 e. The van der Waals surface area contributed by atoms with E-state index in [4.69, 9.17) is 14.6 Å². The summed E-state index contributed by atoms with van der Waals surface area (Å²) in [5.74, 6) is 0.494. The van der Waals surface area contributed by atoms with Crippen LogP contribution in [0, 0.1) is 0 Å². The number of rotatable bonds is 3. The van der Waals surface area contributed by atoms with E-state index in [9.17, 15) is 4.79 Å². The zero-order valence-electron chi connectivity index (χ0n) is 11.9. The fourth-order valence-corrected chi connectivity index (χ4v) is 2.47. The Balaban J connectivity index is 1.65. The van der Waals surface area contributed by atoms with Gasteiger partial charge < -0.3 is 14.6 Å². The second-order valence-electron chi connectivity index (χ2n) is 5.12. The molecule has 0 saturated carbocycles. The Kier molecular flexibility index (Phi) is 3.01. The SMILES string of the molecule is O=C(O)c1ccc(-c2cc(-c3ccc4c(c3)OCO4)n[nH]2)cc1. The highest BCUT2D eigenvalue weighted by Gasteiger charge is 2.15. The molecule has 6 nitrogen and oxygen atoms in total. The molecule has 2 heterocycles. The van der Waals surface area contributed by atoms with Gasteiger partial charge in [0, 0.05) is 5.56 Å². The maximum absolute atomic E-state index is 10.9. The third kappa shape index (κ3) is 2.40. The van der Waals surface area contributed by atoms with Crippen LogP contribution in [0.4, 0.5) is 0 Å². The van der Waals surface area contributed by atoms with Crippen molar-refractivity contribution in [3.05, 3.63) is 54.1 Å². The predicted molar refractivity (Wildman–Crippen MR) is 82.5 cm³/mol. The molecular formula is C17H12N2O4. The maximum atomic E-state index is 10.9. The van der Waals surface area contributed by atoms with E-state index in [2.05, 4.69) is 10.2 Å². The molecular weight excluding hydrogens is 296 g/mol. The number of carbonyl (C=O) groups is 1. The van der Waals surface area contributed by atoms with E-state index in [1.165, 1.54) is 0 Å². The molecule has 0 atom stereocenters. The van der Waals surface area contributed by atoms with Gasteiger partial charge in [0.05, 0.1) is 17.0 Å². The van der Waals surface area contributed by atoms with Crippen LogP contribution < -0.4 is 9.47 Å². The number of H-pyrrole nitrogens is 1. The molecule has 2 N–H and O–H groups in total. The van der Waals surface area contributed by atoms with Gasteiger partial charge in [0.25, 0.3) is 0 Å². The molecule has 1 aromatic heterocycles. The highest BCUT2D eigenvalue weighted by molar-refractivity contribution is 5.88. The quantitative estimate of drug-likeness (QED) is 0.776. The lowest BCUT2D eigenvalue weighted by Crippen LogP contribution is -1.94. The van der Waals surface area contributed by atoms with Gasteiger partial charge in [-0.3, -0.25) is 5.10 Å². The van der Waals surface area contributed by atoms with Crippen molar-refractivity contribution in [1.29, 1.82) is 0 Å². The van der Waals surface area contributed by atoms with E-state index in [-0.39, 0.29) is 12.4 Å². The minimum atomic E-state index is -0.942. The summed E-state index contributed by atoms with van der Waals surface area (Å²) in [7, 11) is 0. The van der Waals surface area contributed by atoms with Crippen molar-refractivity contribution in [2.75, 3.05) is 6.79 Å². The van der Waals surface area contributed by atoms with E-state index in [0.717, 1.165) is 28.3 Å². The summed E-state index contributed by atoms with van der Waals surface area (Å²) in [4.78, 5) is 10.9. The second kappa shape index (κ2) is 5.17. The standard InChI is InChI=1S/C17H12N2O4/c20-17(21)11-3-1-10(2-4-11)13-8-14(19-18-13)12-5-6-15-16(7-12)23-9-22-15/h1-8H,9H2,(H,18,19)(H,20,21). The smallest absolute Gasteiger partial charge is 0.335 e. The lowest BCUT2D eigenvalue weighted by molar-refractivity contribution is 0.0697. The number of hydrogen-bond donors (Lipinski definition) is 2. The number of fused-ring (bicyclic) bond motifs is 1. The van der Waals surface area contributed by atoms with Crippen LogP contribution in [-0.2, 0) is 0 Å². The number of carboxylic acid groups (broad SMARTS) is 1. The van der Waals surface area contributed by atoms with E-state index in [1.807, 2.05) is 24.3 Å². The molecule has 6 heteroatoms. The van der Waals surface area contributed by atoms with Gasteiger partial charge in [-0.1, -0.05) is 12.1 Å². The number of aromatic nitrogens is 2. The highest BCUT2D eigenvalue weighted by atomic mass is 16.7. The molecule has 0 amide bonds. The predicted octanol–water partition coefficient (Wildman–Crippen LogP) is 3.17. The third-order valence-corrected chi connectivity index (χ3v) is 3.69. The Labute approximate surface area is 131 Å². The van der Waals surface area contributed by atoms with Gasteiger partial charge in [0.1, 0.15) is 0 Å². The summed E-state index contributed by atoms with van der Waals surface area (Å²) in [5.41, 5.74) is 3.63. The fourth-order valence-electron chi connectivity index (χ4n) is 2.47. The van der Waals surface area contributed by atoms with Gasteiger partial charge in [0.2, 0.25) is 6.79 Å². The van der Waals surface area contributed by atoms with Crippen molar-refractivity contribution in [3.8, 4) is 34.0 Å². The molecule has 0 saturated heterocycles. The molecule has 4 rings (SSSR count). The third-order valence-electron chi connectivity index (χ3n) is 3.69. The van der Waals surface area contributed by atoms with Crippen LogP contribution in [0.5, 0.6) is 11.5 Å². The van der Waals surface area contributed by atoms with E-state index < -0.39 is 5.97 Å². The van der Waals surface area contributed by atoms with Crippen LogP contribution in [0.3, 0.4) is 0 Å². The molecule has 3 aromatic rings. The normalized spacial score (nSPS) is 12.3. The van der Waals surface area contributed by atoms with Crippen molar-refractivity contribution >= 4 is 5.97 Å². The van der Waals surface area contributed by atoms with Crippen molar-refractivity contribution in [2.45, 2.75) is 0 Å². The summed E-state index contributed by atoms with van der Waals surface area (Å²) in [5, 5.41) is 16.2. The number of aromatic amines is 1. The van der Waals surface area contributed by atoms with Crippen LogP contribution in [0.2, 0.25) is 0 Å². The van der Waals surface area contributed by atoms with Crippen molar-refractivity contribution in [1.82, 2.24) is 10.2 Å². The molecule has 0 fully saturated rings. The first-order valence-corrected chi connectivity index (χ1v) is 7.00. The number of aromatic carboxylic acids is 1. The summed E-state index contributed by atoms with van der Waals surface area (Å²) >= 11 is 0. The highest BCUT2D eigenvalue weighted by Crippen LogP contribution is 2.36. The molecule has 0 unspecified atom stereocenters. The number of nitrogens with zero attached hydrogens (tertiary/aromatic N) is 1. The molecule has 0 radical (unpaired) electrons. The molecule has 0 spiro atoms. The number of ether oxygens (including phenoxy) is 2. The summed E-state index contributed by atoms with van der Waals surface area (Å²) in [6.45, 7) is 0.237. The number of carboxylic acids is 1. The first-order chi connectivity index (χ1) is 11.2. The van der Waals surface area contributed by atoms with Crippen LogP contribution in [-0.4, -0.2) is 28.1 Å². The van der Waals surface area contributed by atoms with Gasteiger partial charge in [-0.05, 0) is 42.0 Å². The van der Waals surface area contributed by atoms with Crippen LogP contribution >= 0.6 is 0 Å². The van der Waals surface area contributed by atoms with Crippen molar-refractivity contribution < 1.29 is 19.4 Å². The Morgan fingerprint density at radius 3 is 2.52 bits per heavy atom. The minimum absolute atomic E-state index is 0.237. The summed E-state index contributed by atoms with van der Waals surface area (Å²) in [6, 6.07) is 14.2. The Morgan fingerprint density at radius 1 is 1.00 bits per heavy atom. The first kappa shape index (κ1) is 13.4. The van der Waals surface area contributed by atoms with E-state index in [1.54, 1.807) is 24.3 Å². The Bertz CT molecular complexity index is 884. The zero-order valence-corrected chi connectivity index (χ0v) is 11.9. The largest absolute Gasteiger partial charge is 0.478 e. The number of nitrogens with one attached hydrogen (secondary N) is 1. The first-order valence-electron chi connectivity index (χ1n) is 7.00. The maximum Gasteiger partial charge on any atom is 0.335 e. The summed E-state index contributed by atoms with van der Waals surface area (Å²) in [6.07, 6.45) is 0. The summed E-state index contributed by atoms with van der Waals surface area (Å²) < 4.78 is 10.7. The van der Waals surface area contributed by atoms with Crippen LogP contribution in [0.15, 0.2) is 48.5 Å².